The van der Waals surface area contributed by atoms with Crippen LogP contribution in [0.5, 0.6) is 0 Å². The third-order valence-electron chi connectivity index (χ3n) is 17.0. The number of imide groups is 2. The van der Waals surface area contributed by atoms with Crippen LogP contribution in [0.25, 0.3) is 0 Å². The van der Waals surface area contributed by atoms with Crippen molar-refractivity contribution in [3.8, 4) is 0 Å². The zero-order chi connectivity index (χ0) is 90.6. The average molecular weight is 1690 g/mol. The van der Waals surface area contributed by atoms with Crippen LogP contribution in [0, 0.1) is 48.7 Å². The quantitative estimate of drug-likeness (QED) is 0.0225. The number of hydrogen-bond acceptors (Lipinski definition) is 14. The fourth-order valence-corrected chi connectivity index (χ4v) is 12.3. The maximum Gasteiger partial charge on any atom is 0.333 e. The molecule has 0 aromatic heterocycles. The van der Waals surface area contributed by atoms with Crippen molar-refractivity contribution >= 4 is 78.5 Å². The smallest absolute Gasteiger partial charge is 0.333 e. The molecule has 0 aliphatic carbocycles. The van der Waals surface area contributed by atoms with Crippen molar-refractivity contribution in [2.75, 3.05) is 64.7 Å². The first-order valence-electron chi connectivity index (χ1n) is 43.9. The van der Waals surface area contributed by atoms with E-state index in [9.17, 15) is 37.2 Å². The maximum atomic E-state index is 11.4. The normalized spacial score (nSPS) is 12.9. The van der Waals surface area contributed by atoms with E-state index in [1.807, 2.05) is 56.3 Å². The summed E-state index contributed by atoms with van der Waals surface area (Å²) in [6.45, 7) is 79.5. The van der Waals surface area contributed by atoms with Crippen LogP contribution in [0.2, 0.25) is 0 Å². The van der Waals surface area contributed by atoms with E-state index in [1.165, 1.54) is 132 Å². The van der Waals surface area contributed by atoms with Crippen molar-refractivity contribution in [3.63, 3.8) is 0 Å². The minimum Gasteiger partial charge on any atom is -0.385 e. The number of hydroxylamine groups is 2. The lowest BCUT2D eigenvalue weighted by atomic mass is 9.89. The largest absolute Gasteiger partial charge is 0.385 e. The first-order chi connectivity index (χ1) is 52.1. The Morgan fingerprint density at radius 3 is 1.22 bits per heavy atom. The Labute approximate surface area is 723 Å². The molecule has 0 atom stereocenters. The summed E-state index contributed by atoms with van der Waals surface area (Å²) in [5.74, 6) is 2.56. The molecule has 686 valence electrons. The lowest BCUT2D eigenvalue weighted by Crippen LogP contribution is -2.37. The lowest BCUT2D eigenvalue weighted by molar-refractivity contribution is -0.197. The van der Waals surface area contributed by atoms with Gasteiger partial charge in [0.25, 0.3) is 23.6 Å². The molecular formula is C96H195N6O10S3+. The maximum absolute atomic E-state index is 11.4. The van der Waals surface area contributed by atoms with E-state index in [1.54, 1.807) is 7.11 Å². The number of aliphatic imine (C=N–C) groups is 1. The molecule has 0 aromatic rings. The van der Waals surface area contributed by atoms with Gasteiger partial charge in [-0.25, -0.2) is 18.2 Å². The van der Waals surface area contributed by atoms with Crippen molar-refractivity contribution in [3.05, 3.63) is 30.7 Å². The average Bonchev–Trinajstić information content (AvgIpc) is 1.77. The SMILES string of the molecule is C.C=C=NCCCCC(C)(C)C.C=CS(=O)(=O)CCCCC(C)(C)C.CC.CC(=[NH2+])CCCCC(C)(C)C.CC(C)(C)CCCCC(=O)ON1C(=O)CCC1=O.CC(C)(C)CCCCN1C(=O)C=CC1=O.CCC(=O)NCCCCC(C)(C)C.CNCCCCC(C)(C)C.COCCCCC(C)(C)C.CSSCCCCC(C)(C)C. The predicted molar refractivity (Wildman–Crippen MR) is 510 cm³/mol. The van der Waals surface area contributed by atoms with Gasteiger partial charge in [-0.3, -0.25) is 34.3 Å². The second kappa shape index (κ2) is 74.2. The topological polar surface area (TPSA) is 224 Å². The highest BCUT2D eigenvalue weighted by molar-refractivity contribution is 8.76. The van der Waals surface area contributed by atoms with Gasteiger partial charge in [-0.15, -0.1) is 5.06 Å². The molecule has 0 radical (unpaired) electrons. The molecule has 115 heavy (non-hydrogen) atoms. The number of ether oxygens (including phenoxy) is 1. The minimum absolute atomic E-state index is 0. The summed E-state index contributed by atoms with van der Waals surface area (Å²) in [6.07, 6.45) is 38.6. The van der Waals surface area contributed by atoms with Crippen LogP contribution in [0.4, 0.5) is 0 Å². The molecule has 19 heteroatoms. The molecule has 5 amide bonds. The summed E-state index contributed by atoms with van der Waals surface area (Å²) in [6, 6.07) is 0. The molecule has 2 aliphatic rings. The van der Waals surface area contributed by atoms with Gasteiger partial charge in [0.1, 0.15) is 5.71 Å². The number of carbonyl (C=O) groups excluding carboxylic acids is 6. The van der Waals surface area contributed by atoms with Gasteiger partial charge in [-0.1, -0.05) is 301 Å². The number of unbranched alkanes of at least 4 members (excludes halogenated alkanes) is 9. The highest BCUT2D eigenvalue weighted by Gasteiger charge is 2.33. The van der Waals surface area contributed by atoms with E-state index < -0.39 is 27.6 Å². The third kappa shape index (κ3) is 121. The third-order valence-corrected chi connectivity index (χ3v) is 20.3. The molecule has 0 spiro atoms. The number of hydrogen-bond donors (Lipinski definition) is 3. The summed E-state index contributed by atoms with van der Waals surface area (Å²) in [7, 11) is 4.65. The Morgan fingerprint density at radius 1 is 0.539 bits per heavy atom. The van der Waals surface area contributed by atoms with E-state index >= 15 is 0 Å². The number of nitrogens with one attached hydrogen (secondary N) is 2. The molecule has 0 aromatic carbocycles. The zero-order valence-corrected chi connectivity index (χ0v) is 83.9. The molecule has 4 N–H and O–H groups in total. The molecule has 2 rings (SSSR count). The Hall–Kier alpha value is -3.61. The highest BCUT2D eigenvalue weighted by atomic mass is 33.1. The standard InChI is InChI=1S/C13H21NO4.C12H19NO2.C11H23NO.C10H21N.C10H19N.C10H20O2S.C9H21N.C9H20O.C9H20S2.C2H6.CH4/c1-13(2,3)9-5-4-6-12(17)18-14-10(15)7-8-11(14)16;1-12(2,3)8-4-5-9-13-10(14)6-7-11(13)15;1-5-10(13)12-9-7-6-8-11(2,3)4;1-9(11)7-5-6-8-10(2,3)4;1-5-11-9-7-6-8-10(2,3)4;1-5-13(11,12)9-7-6-8-10(2,3)4;2*1-9(2,3)7-5-6-8-10-4;1-9(2,3)7-5-6-8-11-10-4;1-2;/h4-9H2,1-3H3;6-7H,4-5,8-9H2,1-3H3;5-9H2,1-4H3,(H,12,13);11H,5-8H2,1-4H3;1,6-9H2,2-4H3;5H,1,6-9H2,2-4H3;10H,5-8H2,1-4H3;5-8H2,1-4H3;5-8H2,1-4H3;1-2H3;1H4/p+1. The molecular weight excluding hydrogens is 1490 g/mol. The number of sulfone groups is 1. The van der Waals surface area contributed by atoms with Gasteiger partial charge < -0.3 is 20.2 Å². The summed E-state index contributed by atoms with van der Waals surface area (Å²) in [5.41, 5.74) is 4.89. The van der Waals surface area contributed by atoms with Crippen LogP contribution >= 0.6 is 21.6 Å². The van der Waals surface area contributed by atoms with E-state index in [0.717, 1.165) is 102 Å². The van der Waals surface area contributed by atoms with Crippen LogP contribution < -0.4 is 16.0 Å². The fraction of sp³-hybridized carbons (Fsp3) is 0.865. The monoisotopic (exact) mass is 1690 g/mol. The second-order valence-electron chi connectivity index (χ2n) is 41.1. The number of nitrogens with two attached hydrogens (primary N) is 1. The molecule has 1 fully saturated rings. The lowest BCUT2D eigenvalue weighted by Gasteiger charge is -2.19. The van der Waals surface area contributed by atoms with Crippen molar-refractivity contribution in [1.82, 2.24) is 20.6 Å². The Balaban J connectivity index is -0.000000157. The van der Waals surface area contributed by atoms with Crippen LogP contribution in [0.1, 0.15) is 428 Å². The summed E-state index contributed by atoms with van der Waals surface area (Å²) in [4.78, 5) is 77.1. The van der Waals surface area contributed by atoms with E-state index in [0.29, 0.717) is 67.8 Å². The minimum atomic E-state index is -2.97. The first kappa shape index (κ1) is 129. The highest BCUT2D eigenvalue weighted by Crippen LogP contribution is 2.29. The van der Waals surface area contributed by atoms with E-state index in [4.69, 9.17) is 15.0 Å². The van der Waals surface area contributed by atoms with Gasteiger partial charge in [0.2, 0.25) is 5.91 Å². The summed E-state index contributed by atoms with van der Waals surface area (Å²) in [5, 5.41) is 13.2. The van der Waals surface area contributed by atoms with E-state index in [2.05, 4.69) is 228 Å². The molecule has 1 saturated heterocycles. The molecule has 0 saturated carbocycles. The first-order valence-corrected chi connectivity index (χ1v) is 48.3. The molecule has 16 nitrogen and oxygen atoms in total. The zero-order valence-electron chi connectivity index (χ0n) is 81.4. The van der Waals surface area contributed by atoms with Crippen molar-refractivity contribution < 1.29 is 52.2 Å². The van der Waals surface area contributed by atoms with Gasteiger partial charge in [-0.05, 0) is 197 Å². The van der Waals surface area contributed by atoms with Crippen LogP contribution in [-0.4, -0.2) is 130 Å². The van der Waals surface area contributed by atoms with Gasteiger partial charge in [0.15, 0.2) is 9.84 Å². The number of amides is 5. The Kier molecular flexibility index (Phi) is 83.6. The molecule has 2 heterocycles. The van der Waals surface area contributed by atoms with Crippen molar-refractivity contribution in [1.29, 1.82) is 0 Å². The predicted octanol–water partition coefficient (Wildman–Crippen LogP) is 25.8. The van der Waals surface area contributed by atoms with E-state index in [-0.39, 0.29) is 55.6 Å². The number of rotatable bonds is 40. The van der Waals surface area contributed by atoms with Crippen LogP contribution in [0.15, 0.2) is 35.7 Å². The van der Waals surface area contributed by atoms with Gasteiger partial charge in [0.05, 0.1) is 5.75 Å². The fourth-order valence-electron chi connectivity index (χ4n) is 10.2. The van der Waals surface area contributed by atoms with Gasteiger partial charge in [0, 0.05) is 95.7 Å². The number of methoxy groups -OCH3 is 1. The summed E-state index contributed by atoms with van der Waals surface area (Å²) >= 11 is 0. The second-order valence-corrected chi connectivity index (χ2v) is 45.8. The van der Waals surface area contributed by atoms with Crippen molar-refractivity contribution in [2.45, 2.75) is 428 Å². The van der Waals surface area contributed by atoms with Gasteiger partial charge >= 0.3 is 5.97 Å². The van der Waals surface area contributed by atoms with Crippen molar-refractivity contribution in [2.24, 2.45) is 53.7 Å². The Bertz CT molecular complexity index is 2530. The van der Waals surface area contributed by atoms with Gasteiger partial charge in [-0.2, -0.15) is 0 Å². The molecule has 0 unspecified atom stereocenters. The Morgan fingerprint density at radius 2 is 0.878 bits per heavy atom. The molecule has 0 bridgehead atoms. The van der Waals surface area contributed by atoms with Crippen LogP contribution in [0.3, 0.4) is 0 Å². The van der Waals surface area contributed by atoms with Crippen LogP contribution in [-0.2, 0) is 48.2 Å². The molecule has 2 aliphatic heterocycles. The number of nitrogens with zero attached hydrogens (tertiary/aromatic N) is 3. The number of carbonyl (C=O) groups is 6. The summed E-state index contributed by atoms with van der Waals surface area (Å²) < 4.78 is 27.0.